The first-order valence-electron chi connectivity index (χ1n) is 20.2. The van der Waals surface area contributed by atoms with E-state index in [-0.39, 0.29) is 36.5 Å². The van der Waals surface area contributed by atoms with E-state index < -0.39 is 41.4 Å². The Balaban J connectivity index is 0.00000513. The van der Waals surface area contributed by atoms with Gasteiger partial charge in [-0.1, -0.05) is 117 Å². The van der Waals surface area contributed by atoms with Crippen molar-refractivity contribution < 1.29 is 33.5 Å². The molecule has 1 saturated carbocycles. The summed E-state index contributed by atoms with van der Waals surface area (Å²) in [7, 11) is 0. The van der Waals surface area contributed by atoms with Crippen molar-refractivity contribution in [3.63, 3.8) is 0 Å². The van der Waals surface area contributed by atoms with Gasteiger partial charge in [0.25, 0.3) is 5.91 Å². The molecular formula is C42H72N4O7. The summed E-state index contributed by atoms with van der Waals surface area (Å²) in [5.74, 6) is -2.73. The predicted octanol–water partition coefficient (Wildman–Crippen LogP) is 7.73. The number of benzene rings is 1. The summed E-state index contributed by atoms with van der Waals surface area (Å²) in [5, 5.41) is 10.7. The largest absolute Gasteiger partial charge is 0.444 e. The maximum Gasteiger partial charge on any atom is 0.408 e. The highest BCUT2D eigenvalue weighted by atomic mass is 16.6. The lowest BCUT2D eigenvalue weighted by Crippen LogP contribution is -2.50. The van der Waals surface area contributed by atoms with Crippen molar-refractivity contribution in [2.75, 3.05) is 6.54 Å². The van der Waals surface area contributed by atoms with Crippen LogP contribution in [0.15, 0.2) is 30.3 Å². The molecule has 4 amide bonds. The summed E-state index contributed by atoms with van der Waals surface area (Å²) in [6.07, 6.45) is 9.87. The van der Waals surface area contributed by atoms with E-state index in [4.69, 9.17) is 4.74 Å². The Morgan fingerprint density at radius 3 is 1.96 bits per heavy atom. The molecule has 0 bridgehead atoms. The monoisotopic (exact) mass is 745 g/mol. The van der Waals surface area contributed by atoms with Gasteiger partial charge >= 0.3 is 6.09 Å². The van der Waals surface area contributed by atoms with Crippen molar-refractivity contribution in [2.24, 2.45) is 11.8 Å². The lowest BCUT2D eigenvalue weighted by Gasteiger charge is -2.31. The molecule has 2 unspecified atom stereocenters. The molecule has 53 heavy (non-hydrogen) atoms. The average Bonchev–Trinajstić information content (AvgIpc) is 3.13. The minimum atomic E-state index is -0.994. The van der Waals surface area contributed by atoms with Crippen molar-refractivity contribution in [3.8, 4) is 0 Å². The summed E-state index contributed by atoms with van der Waals surface area (Å²) in [6, 6.07) is 7.74. The standard InChI is InChI=1S/C37H58N4O7.C3H8.C2H6/c1-6-16-28(22-14-15-23-30(42)32(27-20-12-9-13-21-27)41-36(47)48-37(3,4)5)34(45)40-29(17-7-2)33(44)35(46)39-25-31(43)38-24-26-18-10-8-11-19-26;1-3-2;1-2/h8,10-11,18-19,27-29,32H,6-7,9,12-17,20-25H2,1-5H3,(H,38,43)(H,39,46)(H,40,45)(H,41,47);3H2,1-2H3;1-2H3/t28-,29?,32?;;/m0../s1. The van der Waals surface area contributed by atoms with Crippen LogP contribution in [0.2, 0.25) is 0 Å². The Kier molecular flexibility index (Phi) is 26.7. The molecule has 1 aromatic carbocycles. The number of ketones is 2. The van der Waals surface area contributed by atoms with Gasteiger partial charge < -0.3 is 26.0 Å². The van der Waals surface area contributed by atoms with Crippen LogP contribution in [0.4, 0.5) is 4.79 Å². The highest BCUT2D eigenvalue weighted by Gasteiger charge is 2.32. The molecule has 1 aliphatic carbocycles. The minimum Gasteiger partial charge on any atom is -0.444 e. The number of Topliss-reactive ketones (excluding diaryl/α,β-unsaturated/α-hetero) is 2. The van der Waals surface area contributed by atoms with E-state index in [1.54, 1.807) is 20.8 Å². The van der Waals surface area contributed by atoms with Crippen LogP contribution >= 0.6 is 0 Å². The number of amides is 4. The molecule has 0 aliphatic heterocycles. The van der Waals surface area contributed by atoms with E-state index in [1.165, 1.54) is 6.42 Å². The Bertz CT molecular complexity index is 1210. The molecular weight excluding hydrogens is 672 g/mol. The van der Waals surface area contributed by atoms with E-state index >= 15 is 0 Å². The van der Waals surface area contributed by atoms with Crippen molar-refractivity contribution in [1.29, 1.82) is 0 Å². The molecule has 0 aromatic heterocycles. The van der Waals surface area contributed by atoms with Crippen LogP contribution in [-0.2, 0) is 35.3 Å². The van der Waals surface area contributed by atoms with E-state index in [0.717, 1.165) is 44.1 Å². The maximum absolute atomic E-state index is 13.4. The molecule has 11 nitrogen and oxygen atoms in total. The molecule has 0 heterocycles. The van der Waals surface area contributed by atoms with Crippen molar-refractivity contribution in [3.05, 3.63) is 35.9 Å². The summed E-state index contributed by atoms with van der Waals surface area (Å²) in [4.78, 5) is 77.1. The van der Waals surface area contributed by atoms with Crippen LogP contribution in [0.1, 0.15) is 158 Å². The molecule has 2 rings (SSSR count). The first-order valence-corrected chi connectivity index (χ1v) is 20.2. The van der Waals surface area contributed by atoms with Crippen LogP contribution in [0.3, 0.4) is 0 Å². The lowest BCUT2D eigenvalue weighted by atomic mass is 9.81. The fourth-order valence-corrected chi connectivity index (χ4v) is 6.08. The number of carbonyl (C=O) groups is 6. The lowest BCUT2D eigenvalue weighted by molar-refractivity contribution is -0.141. The van der Waals surface area contributed by atoms with Gasteiger partial charge in [-0.05, 0) is 70.8 Å². The van der Waals surface area contributed by atoms with E-state index in [9.17, 15) is 28.8 Å². The van der Waals surface area contributed by atoms with Gasteiger partial charge in [-0.25, -0.2) is 4.79 Å². The van der Waals surface area contributed by atoms with Crippen LogP contribution < -0.4 is 21.3 Å². The first-order chi connectivity index (χ1) is 25.3. The summed E-state index contributed by atoms with van der Waals surface area (Å²) in [5.41, 5.74) is 0.245. The Labute approximate surface area is 320 Å². The van der Waals surface area contributed by atoms with E-state index in [0.29, 0.717) is 45.1 Å². The van der Waals surface area contributed by atoms with Gasteiger partial charge in [-0.3, -0.25) is 24.0 Å². The second-order valence-electron chi connectivity index (χ2n) is 14.6. The Morgan fingerprint density at radius 1 is 0.792 bits per heavy atom. The summed E-state index contributed by atoms with van der Waals surface area (Å²) < 4.78 is 5.44. The van der Waals surface area contributed by atoms with Crippen LogP contribution in [0.5, 0.6) is 0 Å². The van der Waals surface area contributed by atoms with Gasteiger partial charge in [0.1, 0.15) is 5.60 Å². The van der Waals surface area contributed by atoms with Crippen LogP contribution in [0, 0.1) is 11.8 Å². The van der Waals surface area contributed by atoms with Crippen molar-refractivity contribution >= 4 is 35.4 Å². The Hall–Kier alpha value is -3.76. The van der Waals surface area contributed by atoms with Gasteiger partial charge in [-0.15, -0.1) is 0 Å². The van der Waals surface area contributed by atoms with E-state index in [2.05, 4.69) is 35.1 Å². The maximum atomic E-state index is 13.4. The molecule has 1 aliphatic rings. The summed E-state index contributed by atoms with van der Waals surface area (Å²) in [6.45, 7) is 17.4. The molecule has 4 N–H and O–H groups in total. The SMILES string of the molecule is CC.CCC.CCCC(NC(=O)[C@@H](CCC)CCCCC(=O)C(NC(=O)OC(C)(C)C)C1CCCCC1)C(=O)C(=O)NCC(=O)NCc1ccccc1. The third kappa shape index (κ3) is 22.1. The molecule has 0 spiro atoms. The summed E-state index contributed by atoms with van der Waals surface area (Å²) >= 11 is 0. The van der Waals surface area contributed by atoms with Crippen LogP contribution in [0.25, 0.3) is 0 Å². The number of hydrogen-bond acceptors (Lipinski definition) is 7. The predicted molar refractivity (Wildman–Crippen MR) is 212 cm³/mol. The highest BCUT2D eigenvalue weighted by Crippen LogP contribution is 2.28. The van der Waals surface area contributed by atoms with Crippen LogP contribution in [-0.4, -0.2) is 59.6 Å². The van der Waals surface area contributed by atoms with Gasteiger partial charge in [0.15, 0.2) is 5.78 Å². The third-order valence-corrected chi connectivity index (χ3v) is 8.55. The third-order valence-electron chi connectivity index (χ3n) is 8.55. The normalized spacial score (nSPS) is 14.4. The molecule has 0 saturated heterocycles. The number of ether oxygens (including phenoxy) is 1. The molecule has 302 valence electrons. The number of nitrogens with one attached hydrogen (secondary N) is 4. The molecule has 1 fully saturated rings. The minimum absolute atomic E-state index is 0.0161. The fraction of sp³-hybridized carbons (Fsp3) is 0.714. The number of carbonyl (C=O) groups excluding carboxylic acids is 6. The highest BCUT2D eigenvalue weighted by molar-refractivity contribution is 6.38. The number of alkyl carbamates (subject to hydrolysis) is 1. The molecule has 0 radical (unpaired) electrons. The van der Waals surface area contributed by atoms with Gasteiger partial charge in [-0.2, -0.15) is 0 Å². The second kappa shape index (κ2) is 28.7. The first kappa shape index (κ1) is 49.2. The zero-order chi connectivity index (χ0) is 40.2. The smallest absolute Gasteiger partial charge is 0.408 e. The molecule has 11 heteroatoms. The zero-order valence-corrected chi connectivity index (χ0v) is 34.4. The molecule has 3 atom stereocenters. The average molecular weight is 745 g/mol. The quantitative estimate of drug-likeness (QED) is 0.0785. The fourth-order valence-electron chi connectivity index (χ4n) is 6.08. The molecule has 1 aromatic rings. The zero-order valence-electron chi connectivity index (χ0n) is 34.4. The van der Waals surface area contributed by atoms with Crippen molar-refractivity contribution in [2.45, 2.75) is 176 Å². The van der Waals surface area contributed by atoms with Gasteiger partial charge in [0.05, 0.1) is 18.6 Å². The second-order valence-corrected chi connectivity index (χ2v) is 14.6. The van der Waals surface area contributed by atoms with E-state index in [1.807, 2.05) is 58.0 Å². The number of unbranched alkanes of at least 4 members (excludes halogenated alkanes) is 1. The Morgan fingerprint density at radius 2 is 1.40 bits per heavy atom. The van der Waals surface area contributed by atoms with Gasteiger partial charge in [0.2, 0.25) is 17.6 Å². The topological polar surface area (TPSA) is 160 Å². The number of rotatable bonds is 20. The van der Waals surface area contributed by atoms with Gasteiger partial charge in [0, 0.05) is 18.9 Å². The van der Waals surface area contributed by atoms with Crippen molar-refractivity contribution in [1.82, 2.24) is 21.3 Å². The number of hydrogen-bond donors (Lipinski definition) is 4.